The van der Waals surface area contributed by atoms with Crippen LogP contribution in [0, 0.1) is 5.41 Å². The number of anilines is 2. The summed E-state index contributed by atoms with van der Waals surface area (Å²) >= 11 is 2.96. The standard InChI is InChI=1S/C24H25N7O3S2/c1-3-26-22(34)30-23-29-17-9-14(8-16(19(17)36-23)18-12-25-13-35-18)15-10-27-21(28-11-15)31-6-4-24(2,5-7-31)20(32)33/h8-13H,3-7H2,1-2H3,(H,32,33)(H2,26,29,30,34). The Balaban J connectivity index is 1.44. The van der Waals surface area contributed by atoms with Gasteiger partial charge in [0.05, 0.1) is 26.0 Å². The first-order valence-electron chi connectivity index (χ1n) is 11.6. The predicted octanol–water partition coefficient (Wildman–Crippen LogP) is 4.71. The third-order valence-corrected chi connectivity index (χ3v) is 8.21. The van der Waals surface area contributed by atoms with Crippen molar-refractivity contribution in [3.8, 4) is 21.6 Å². The fourth-order valence-corrected chi connectivity index (χ4v) is 5.81. The van der Waals surface area contributed by atoms with E-state index in [1.807, 2.05) is 24.1 Å². The first-order valence-corrected chi connectivity index (χ1v) is 13.2. The van der Waals surface area contributed by atoms with Crippen LogP contribution in [0.3, 0.4) is 0 Å². The largest absolute Gasteiger partial charge is 0.481 e. The molecule has 3 aromatic heterocycles. The van der Waals surface area contributed by atoms with Gasteiger partial charge in [-0.25, -0.2) is 19.7 Å². The zero-order valence-corrected chi connectivity index (χ0v) is 21.4. The van der Waals surface area contributed by atoms with Gasteiger partial charge in [-0.1, -0.05) is 11.3 Å². The average Bonchev–Trinajstić information content (AvgIpc) is 3.54. The van der Waals surface area contributed by atoms with Gasteiger partial charge in [-0.15, -0.1) is 11.3 Å². The van der Waals surface area contributed by atoms with Crippen molar-refractivity contribution in [1.29, 1.82) is 0 Å². The van der Waals surface area contributed by atoms with Gasteiger partial charge in [-0.05, 0) is 44.4 Å². The molecule has 0 atom stereocenters. The highest BCUT2D eigenvalue weighted by Gasteiger charge is 2.37. The van der Waals surface area contributed by atoms with Crippen molar-refractivity contribution in [2.45, 2.75) is 26.7 Å². The summed E-state index contributed by atoms with van der Waals surface area (Å²) in [4.78, 5) is 44.6. The number of carboxylic acid groups (broad SMARTS) is 1. The molecule has 1 aromatic carbocycles. The lowest BCUT2D eigenvalue weighted by Crippen LogP contribution is -2.43. The van der Waals surface area contributed by atoms with Crippen LogP contribution in [-0.4, -0.2) is 56.7 Å². The Morgan fingerprint density at radius 1 is 1.14 bits per heavy atom. The molecule has 36 heavy (non-hydrogen) atoms. The Labute approximate surface area is 215 Å². The van der Waals surface area contributed by atoms with Crippen LogP contribution in [0.4, 0.5) is 15.9 Å². The molecule has 3 N–H and O–H groups in total. The van der Waals surface area contributed by atoms with Gasteiger partial charge < -0.3 is 15.3 Å². The number of aliphatic carboxylic acids is 1. The zero-order chi connectivity index (χ0) is 25.3. The summed E-state index contributed by atoms with van der Waals surface area (Å²) in [7, 11) is 0. The van der Waals surface area contributed by atoms with Gasteiger partial charge in [0.25, 0.3) is 0 Å². The Bertz CT molecular complexity index is 1400. The van der Waals surface area contributed by atoms with Crippen LogP contribution in [-0.2, 0) is 4.79 Å². The zero-order valence-electron chi connectivity index (χ0n) is 19.8. The summed E-state index contributed by atoms with van der Waals surface area (Å²) in [5.74, 6) is -0.158. The van der Waals surface area contributed by atoms with Crippen molar-refractivity contribution in [3.05, 3.63) is 36.2 Å². The third-order valence-electron chi connectivity index (χ3n) is 6.38. The summed E-state index contributed by atoms with van der Waals surface area (Å²) in [6.07, 6.45) is 6.49. The smallest absolute Gasteiger partial charge is 0.321 e. The van der Waals surface area contributed by atoms with Crippen LogP contribution in [0.15, 0.2) is 36.2 Å². The Hall–Kier alpha value is -3.64. The van der Waals surface area contributed by atoms with Gasteiger partial charge in [0.2, 0.25) is 5.95 Å². The molecule has 0 spiro atoms. The minimum Gasteiger partial charge on any atom is -0.481 e. The van der Waals surface area contributed by atoms with E-state index in [4.69, 9.17) is 0 Å². The molecule has 186 valence electrons. The number of hydrogen-bond donors (Lipinski definition) is 3. The van der Waals surface area contributed by atoms with Crippen LogP contribution in [0.1, 0.15) is 26.7 Å². The molecule has 12 heteroatoms. The molecule has 0 unspecified atom stereocenters. The number of rotatable bonds is 6. The van der Waals surface area contributed by atoms with Crippen LogP contribution in [0.5, 0.6) is 0 Å². The van der Waals surface area contributed by atoms with E-state index in [1.165, 1.54) is 22.7 Å². The monoisotopic (exact) mass is 523 g/mol. The number of hydrogen-bond acceptors (Lipinski definition) is 9. The van der Waals surface area contributed by atoms with E-state index < -0.39 is 11.4 Å². The summed E-state index contributed by atoms with van der Waals surface area (Å²) in [6.45, 7) is 5.38. The number of thiazole rings is 2. The molecule has 4 heterocycles. The minimum absolute atomic E-state index is 0.290. The van der Waals surface area contributed by atoms with Gasteiger partial charge in [-0.2, -0.15) is 0 Å². The number of carboxylic acids is 1. The molecule has 1 aliphatic heterocycles. The van der Waals surface area contributed by atoms with E-state index >= 15 is 0 Å². The maximum absolute atomic E-state index is 12.0. The highest BCUT2D eigenvalue weighted by atomic mass is 32.1. The lowest BCUT2D eigenvalue weighted by atomic mass is 9.80. The molecule has 2 amide bonds. The molecule has 0 aliphatic carbocycles. The first kappa shape index (κ1) is 24.1. The van der Waals surface area contributed by atoms with Crippen molar-refractivity contribution in [2.24, 2.45) is 5.41 Å². The molecule has 1 fully saturated rings. The predicted molar refractivity (Wildman–Crippen MR) is 142 cm³/mol. The van der Waals surface area contributed by atoms with Gasteiger partial charge in [0, 0.05) is 49.4 Å². The van der Waals surface area contributed by atoms with Crippen LogP contribution < -0.4 is 15.5 Å². The number of carbonyl (C=O) groups is 2. The van der Waals surface area contributed by atoms with Gasteiger partial charge in [-0.3, -0.25) is 15.1 Å². The Morgan fingerprint density at radius 2 is 1.89 bits per heavy atom. The summed E-state index contributed by atoms with van der Waals surface area (Å²) in [6, 6.07) is 3.75. The fraction of sp³-hybridized carbons (Fsp3) is 0.333. The van der Waals surface area contributed by atoms with Crippen LogP contribution in [0.25, 0.3) is 31.8 Å². The minimum atomic E-state index is -0.753. The maximum atomic E-state index is 12.0. The van der Waals surface area contributed by atoms with Crippen molar-refractivity contribution < 1.29 is 14.7 Å². The van der Waals surface area contributed by atoms with Crippen LogP contribution in [0.2, 0.25) is 0 Å². The Kier molecular flexibility index (Phi) is 6.54. The molecule has 0 bridgehead atoms. The van der Waals surface area contributed by atoms with E-state index in [-0.39, 0.29) is 6.03 Å². The number of urea groups is 1. The van der Waals surface area contributed by atoms with Gasteiger partial charge in [0.15, 0.2) is 5.13 Å². The number of amides is 2. The molecule has 1 aliphatic rings. The normalized spacial score (nSPS) is 15.1. The summed E-state index contributed by atoms with van der Waals surface area (Å²) in [5.41, 5.74) is 4.58. The first-order chi connectivity index (χ1) is 17.4. The van der Waals surface area contributed by atoms with E-state index in [2.05, 4.69) is 36.6 Å². The molecule has 0 radical (unpaired) electrons. The second-order valence-electron chi connectivity index (χ2n) is 8.87. The molecule has 1 saturated heterocycles. The molecule has 10 nitrogen and oxygen atoms in total. The number of fused-ring (bicyclic) bond motifs is 1. The lowest BCUT2D eigenvalue weighted by Gasteiger charge is -2.36. The molecule has 4 aromatic rings. The number of nitrogens with zero attached hydrogens (tertiary/aromatic N) is 5. The molecule has 0 saturated carbocycles. The van der Waals surface area contributed by atoms with Crippen molar-refractivity contribution in [1.82, 2.24) is 25.3 Å². The summed E-state index contributed by atoms with van der Waals surface area (Å²) < 4.78 is 0.960. The second-order valence-corrected chi connectivity index (χ2v) is 10.8. The van der Waals surface area contributed by atoms with Crippen molar-refractivity contribution in [3.63, 3.8) is 0 Å². The maximum Gasteiger partial charge on any atom is 0.321 e. The van der Waals surface area contributed by atoms with Gasteiger partial charge >= 0.3 is 12.0 Å². The van der Waals surface area contributed by atoms with E-state index in [0.29, 0.717) is 43.6 Å². The quantitative estimate of drug-likeness (QED) is 0.331. The topological polar surface area (TPSA) is 133 Å². The second kappa shape index (κ2) is 9.78. The van der Waals surface area contributed by atoms with E-state index in [9.17, 15) is 14.7 Å². The van der Waals surface area contributed by atoms with Crippen LogP contribution >= 0.6 is 22.7 Å². The van der Waals surface area contributed by atoms with E-state index in [1.54, 1.807) is 24.8 Å². The Morgan fingerprint density at radius 3 is 2.53 bits per heavy atom. The number of aromatic nitrogens is 4. The van der Waals surface area contributed by atoms with Gasteiger partial charge in [0.1, 0.15) is 0 Å². The van der Waals surface area contributed by atoms with E-state index in [0.717, 1.165) is 31.8 Å². The molecular weight excluding hydrogens is 498 g/mol. The summed E-state index contributed by atoms with van der Waals surface area (Å²) in [5, 5.41) is 15.5. The fourth-order valence-electron chi connectivity index (χ4n) is 4.13. The van der Waals surface area contributed by atoms with Crippen molar-refractivity contribution >= 4 is 56.0 Å². The SMILES string of the molecule is CCNC(=O)Nc1nc2cc(-c3cnc(N4CCC(C)(C(=O)O)CC4)nc3)cc(-c3cncs3)c2s1. The number of nitrogens with one attached hydrogen (secondary N) is 2. The number of piperidine rings is 1. The highest BCUT2D eigenvalue weighted by molar-refractivity contribution is 7.23. The average molecular weight is 524 g/mol. The highest BCUT2D eigenvalue weighted by Crippen LogP contribution is 2.40. The van der Waals surface area contributed by atoms with Crippen molar-refractivity contribution in [2.75, 3.05) is 29.9 Å². The molecule has 5 rings (SSSR count). The third kappa shape index (κ3) is 4.73. The lowest BCUT2D eigenvalue weighted by molar-refractivity contribution is -0.149. The molecular formula is C24H25N7O3S2. The number of carbonyl (C=O) groups excluding carboxylic acids is 1. The number of benzene rings is 1.